The van der Waals surface area contributed by atoms with Crippen LogP contribution in [0.15, 0.2) is 22.7 Å². The summed E-state index contributed by atoms with van der Waals surface area (Å²) in [6.45, 7) is 6.84. The van der Waals surface area contributed by atoms with Gasteiger partial charge in [-0.25, -0.2) is 0 Å². The Bertz CT molecular complexity index is 400. The molecule has 0 aromatic heterocycles. The summed E-state index contributed by atoms with van der Waals surface area (Å²) in [6.07, 6.45) is 5.42. The van der Waals surface area contributed by atoms with Gasteiger partial charge in [-0.2, -0.15) is 0 Å². The molecule has 1 aliphatic carbocycles. The fourth-order valence-electron chi connectivity index (χ4n) is 2.88. The van der Waals surface area contributed by atoms with E-state index < -0.39 is 0 Å². The predicted molar refractivity (Wildman–Crippen MR) is 83.1 cm³/mol. The molecular formula is C16H24BrN. The molecule has 2 atom stereocenters. The maximum atomic E-state index is 3.70. The number of anilines is 1. The van der Waals surface area contributed by atoms with E-state index >= 15 is 0 Å². The van der Waals surface area contributed by atoms with Gasteiger partial charge in [0.2, 0.25) is 0 Å². The second kappa shape index (κ2) is 6.10. The van der Waals surface area contributed by atoms with Gasteiger partial charge in [0.05, 0.1) is 0 Å². The normalized spacial score (nSPS) is 24.3. The Hall–Kier alpha value is -0.500. The number of rotatable bonds is 3. The van der Waals surface area contributed by atoms with Crippen LogP contribution in [0.2, 0.25) is 0 Å². The molecule has 1 aromatic rings. The Labute approximate surface area is 119 Å². The van der Waals surface area contributed by atoms with E-state index in [4.69, 9.17) is 0 Å². The van der Waals surface area contributed by atoms with Gasteiger partial charge >= 0.3 is 0 Å². The highest BCUT2D eigenvalue weighted by atomic mass is 79.9. The third-order valence-corrected chi connectivity index (χ3v) is 5.05. The van der Waals surface area contributed by atoms with Crippen molar-refractivity contribution in [2.75, 3.05) is 5.32 Å². The van der Waals surface area contributed by atoms with Gasteiger partial charge < -0.3 is 5.32 Å². The van der Waals surface area contributed by atoms with Gasteiger partial charge in [0.25, 0.3) is 0 Å². The van der Waals surface area contributed by atoms with Gasteiger partial charge in [-0.15, -0.1) is 0 Å². The van der Waals surface area contributed by atoms with E-state index in [9.17, 15) is 0 Å². The van der Waals surface area contributed by atoms with E-state index in [2.05, 4.69) is 60.2 Å². The van der Waals surface area contributed by atoms with Crippen molar-refractivity contribution in [3.8, 4) is 0 Å². The van der Waals surface area contributed by atoms with E-state index in [1.54, 1.807) is 0 Å². The van der Waals surface area contributed by atoms with Gasteiger partial charge in [0, 0.05) is 16.2 Å². The van der Waals surface area contributed by atoms with Crippen LogP contribution < -0.4 is 5.32 Å². The lowest BCUT2D eigenvalue weighted by Crippen LogP contribution is -2.29. The SMILES string of the molecule is Cc1ccc(NC2CCCC(C(C)C)C2)cc1Br. The van der Waals surface area contributed by atoms with Crippen LogP contribution in [0.3, 0.4) is 0 Å². The zero-order valence-electron chi connectivity index (χ0n) is 11.7. The molecule has 1 aromatic carbocycles. The second-order valence-corrected chi connectivity index (χ2v) is 6.83. The smallest absolute Gasteiger partial charge is 0.0353 e. The molecule has 1 saturated carbocycles. The summed E-state index contributed by atoms with van der Waals surface area (Å²) in [7, 11) is 0. The maximum absolute atomic E-state index is 3.70. The van der Waals surface area contributed by atoms with Gasteiger partial charge in [0.15, 0.2) is 0 Å². The molecule has 1 nitrogen and oxygen atoms in total. The first-order valence-corrected chi connectivity index (χ1v) is 7.88. The lowest BCUT2D eigenvalue weighted by molar-refractivity contribution is 0.264. The zero-order valence-corrected chi connectivity index (χ0v) is 13.3. The monoisotopic (exact) mass is 309 g/mol. The number of nitrogens with one attached hydrogen (secondary N) is 1. The zero-order chi connectivity index (χ0) is 13.1. The van der Waals surface area contributed by atoms with E-state index in [0.717, 1.165) is 11.8 Å². The van der Waals surface area contributed by atoms with Crippen molar-refractivity contribution in [3.05, 3.63) is 28.2 Å². The first kappa shape index (κ1) is 13.9. The van der Waals surface area contributed by atoms with Crippen LogP contribution in [0.25, 0.3) is 0 Å². The molecule has 0 aliphatic heterocycles. The van der Waals surface area contributed by atoms with Crippen LogP contribution in [-0.4, -0.2) is 6.04 Å². The van der Waals surface area contributed by atoms with Gasteiger partial charge in [0.1, 0.15) is 0 Å². The largest absolute Gasteiger partial charge is 0.382 e. The molecule has 0 amide bonds. The summed E-state index contributed by atoms with van der Waals surface area (Å²) in [5.41, 5.74) is 2.55. The van der Waals surface area contributed by atoms with Gasteiger partial charge in [-0.05, 0) is 49.3 Å². The van der Waals surface area contributed by atoms with Crippen molar-refractivity contribution < 1.29 is 0 Å². The molecule has 2 rings (SSSR count). The average molecular weight is 310 g/mol. The minimum atomic E-state index is 0.653. The highest BCUT2D eigenvalue weighted by Crippen LogP contribution is 2.32. The quantitative estimate of drug-likeness (QED) is 0.790. The molecule has 0 heterocycles. The molecule has 18 heavy (non-hydrogen) atoms. The Morgan fingerprint density at radius 2 is 2.06 bits per heavy atom. The van der Waals surface area contributed by atoms with Crippen LogP contribution in [0.4, 0.5) is 5.69 Å². The van der Waals surface area contributed by atoms with Gasteiger partial charge in [-0.1, -0.05) is 48.7 Å². The second-order valence-electron chi connectivity index (χ2n) is 5.98. The lowest BCUT2D eigenvalue weighted by Gasteiger charge is -2.32. The summed E-state index contributed by atoms with van der Waals surface area (Å²) in [5.74, 6) is 1.71. The first-order valence-electron chi connectivity index (χ1n) is 7.09. The van der Waals surface area contributed by atoms with E-state index in [-0.39, 0.29) is 0 Å². The molecule has 0 radical (unpaired) electrons. The molecule has 1 fully saturated rings. The van der Waals surface area contributed by atoms with Crippen molar-refractivity contribution in [3.63, 3.8) is 0 Å². The fraction of sp³-hybridized carbons (Fsp3) is 0.625. The molecule has 1 N–H and O–H groups in total. The number of hydrogen-bond donors (Lipinski definition) is 1. The predicted octanol–water partition coefficient (Wildman–Crippen LogP) is 5.38. The lowest BCUT2D eigenvalue weighted by atomic mass is 9.79. The van der Waals surface area contributed by atoms with Gasteiger partial charge in [-0.3, -0.25) is 0 Å². The molecular weight excluding hydrogens is 286 g/mol. The summed E-state index contributed by atoms with van der Waals surface area (Å²) >= 11 is 3.61. The minimum absolute atomic E-state index is 0.653. The Morgan fingerprint density at radius 3 is 2.72 bits per heavy atom. The number of aryl methyl sites for hydroxylation is 1. The standard InChI is InChI=1S/C16H24BrN/c1-11(2)13-5-4-6-14(9-13)18-15-8-7-12(3)16(17)10-15/h7-8,10-11,13-14,18H,4-6,9H2,1-3H3. The van der Waals surface area contributed by atoms with E-state index in [0.29, 0.717) is 6.04 Å². The van der Waals surface area contributed by atoms with Crippen molar-refractivity contribution in [2.45, 2.75) is 52.5 Å². The molecule has 1 aliphatic rings. The topological polar surface area (TPSA) is 12.0 Å². The average Bonchev–Trinajstić information content (AvgIpc) is 2.34. The Morgan fingerprint density at radius 1 is 1.28 bits per heavy atom. The van der Waals surface area contributed by atoms with E-state index in [1.165, 1.54) is 41.4 Å². The molecule has 0 bridgehead atoms. The first-order chi connectivity index (χ1) is 8.56. The summed E-state index contributed by atoms with van der Waals surface area (Å²) in [4.78, 5) is 0. The molecule has 2 heteroatoms. The summed E-state index contributed by atoms with van der Waals surface area (Å²) in [6, 6.07) is 7.23. The van der Waals surface area contributed by atoms with Crippen molar-refractivity contribution in [1.29, 1.82) is 0 Å². The molecule has 0 spiro atoms. The van der Waals surface area contributed by atoms with Crippen LogP contribution in [0, 0.1) is 18.8 Å². The van der Waals surface area contributed by atoms with Crippen LogP contribution >= 0.6 is 15.9 Å². The molecule has 0 saturated heterocycles. The number of hydrogen-bond acceptors (Lipinski definition) is 1. The van der Waals surface area contributed by atoms with Crippen molar-refractivity contribution >= 4 is 21.6 Å². The number of benzene rings is 1. The molecule has 2 unspecified atom stereocenters. The number of halogens is 1. The van der Waals surface area contributed by atoms with E-state index in [1.807, 2.05) is 0 Å². The fourth-order valence-corrected chi connectivity index (χ4v) is 3.26. The highest BCUT2D eigenvalue weighted by molar-refractivity contribution is 9.10. The van der Waals surface area contributed by atoms with Crippen LogP contribution in [0.1, 0.15) is 45.1 Å². The highest BCUT2D eigenvalue weighted by Gasteiger charge is 2.23. The van der Waals surface area contributed by atoms with Crippen molar-refractivity contribution in [2.24, 2.45) is 11.8 Å². The third kappa shape index (κ3) is 3.50. The molecule has 100 valence electrons. The van der Waals surface area contributed by atoms with Crippen LogP contribution in [-0.2, 0) is 0 Å². The maximum Gasteiger partial charge on any atom is 0.0353 e. The van der Waals surface area contributed by atoms with Crippen molar-refractivity contribution in [1.82, 2.24) is 0 Å². The summed E-state index contributed by atoms with van der Waals surface area (Å²) < 4.78 is 1.20. The third-order valence-electron chi connectivity index (χ3n) is 4.20. The van der Waals surface area contributed by atoms with Crippen LogP contribution in [0.5, 0.6) is 0 Å². The summed E-state index contributed by atoms with van der Waals surface area (Å²) in [5, 5.41) is 3.70. The Kier molecular flexibility index (Phi) is 4.71. The minimum Gasteiger partial charge on any atom is -0.382 e. The Balaban J connectivity index is 1.98.